The minimum atomic E-state index is -0.339. The second-order valence-corrected chi connectivity index (χ2v) is 3.91. The van der Waals surface area contributed by atoms with Crippen molar-refractivity contribution >= 4 is 5.91 Å². The maximum absolute atomic E-state index is 11.4. The predicted molar refractivity (Wildman–Crippen MR) is 57.8 cm³/mol. The van der Waals surface area contributed by atoms with Gasteiger partial charge in [0.25, 0.3) is 0 Å². The van der Waals surface area contributed by atoms with Crippen LogP contribution in [0.15, 0.2) is 12.2 Å². The molecule has 0 bridgehead atoms. The van der Waals surface area contributed by atoms with Crippen molar-refractivity contribution in [3.8, 4) is 0 Å². The maximum Gasteiger partial charge on any atom is 0.236 e. The Morgan fingerprint density at radius 2 is 2.43 bits per heavy atom. The molecule has 0 aromatic rings. The molecule has 1 unspecified atom stereocenters. The molecule has 0 spiro atoms. The molecule has 0 fully saturated rings. The van der Waals surface area contributed by atoms with Crippen LogP contribution in [-0.2, 0) is 4.79 Å². The molecule has 0 saturated carbocycles. The Bertz CT molecular complexity index is 213. The fourth-order valence-corrected chi connectivity index (χ4v) is 1.60. The van der Waals surface area contributed by atoms with Gasteiger partial charge in [-0.05, 0) is 31.6 Å². The quantitative estimate of drug-likeness (QED) is 0.664. The van der Waals surface area contributed by atoms with Crippen LogP contribution in [0.5, 0.6) is 0 Å². The van der Waals surface area contributed by atoms with Gasteiger partial charge in [-0.3, -0.25) is 4.79 Å². The van der Waals surface area contributed by atoms with E-state index in [2.05, 4.69) is 17.5 Å². The summed E-state index contributed by atoms with van der Waals surface area (Å²) in [7, 11) is 0. The van der Waals surface area contributed by atoms with Crippen molar-refractivity contribution < 1.29 is 4.79 Å². The highest BCUT2D eigenvalue weighted by atomic mass is 16.2. The summed E-state index contributed by atoms with van der Waals surface area (Å²) in [5.74, 6) is 0.593. The summed E-state index contributed by atoms with van der Waals surface area (Å²) in [5.41, 5.74) is 5.61. The van der Waals surface area contributed by atoms with Gasteiger partial charge in [-0.1, -0.05) is 19.1 Å². The Labute approximate surface area is 85.7 Å². The SMILES string of the molecule is CC[C@H](N)C(=O)NCC1CC=CCC1. The first-order valence-corrected chi connectivity index (χ1v) is 5.42. The van der Waals surface area contributed by atoms with Gasteiger partial charge in [0, 0.05) is 6.54 Å². The van der Waals surface area contributed by atoms with E-state index in [1.165, 1.54) is 6.42 Å². The van der Waals surface area contributed by atoms with Crippen LogP contribution in [-0.4, -0.2) is 18.5 Å². The molecule has 3 N–H and O–H groups in total. The zero-order valence-corrected chi connectivity index (χ0v) is 8.83. The topological polar surface area (TPSA) is 55.1 Å². The van der Waals surface area contributed by atoms with Crippen molar-refractivity contribution in [2.75, 3.05) is 6.54 Å². The Morgan fingerprint density at radius 1 is 1.64 bits per heavy atom. The van der Waals surface area contributed by atoms with E-state index in [0.29, 0.717) is 12.3 Å². The summed E-state index contributed by atoms with van der Waals surface area (Å²) < 4.78 is 0. The largest absolute Gasteiger partial charge is 0.354 e. The molecule has 3 nitrogen and oxygen atoms in total. The number of carbonyl (C=O) groups is 1. The van der Waals surface area contributed by atoms with Gasteiger partial charge in [-0.2, -0.15) is 0 Å². The minimum Gasteiger partial charge on any atom is -0.354 e. The number of allylic oxidation sites excluding steroid dienone is 2. The zero-order valence-electron chi connectivity index (χ0n) is 8.83. The average molecular weight is 196 g/mol. The lowest BCUT2D eigenvalue weighted by molar-refractivity contribution is -0.122. The molecule has 80 valence electrons. The van der Waals surface area contributed by atoms with Gasteiger partial charge in [0.05, 0.1) is 6.04 Å². The first-order valence-electron chi connectivity index (χ1n) is 5.42. The van der Waals surface area contributed by atoms with Gasteiger partial charge in [-0.25, -0.2) is 0 Å². The summed E-state index contributed by atoms with van der Waals surface area (Å²) >= 11 is 0. The molecule has 0 aromatic heterocycles. The summed E-state index contributed by atoms with van der Waals surface area (Å²) in [6.07, 6.45) is 8.51. The number of hydrogen-bond donors (Lipinski definition) is 2. The van der Waals surface area contributed by atoms with E-state index in [1.807, 2.05) is 6.92 Å². The molecule has 0 aliphatic heterocycles. The van der Waals surface area contributed by atoms with Crippen molar-refractivity contribution in [3.63, 3.8) is 0 Å². The Morgan fingerprint density at radius 3 is 3.00 bits per heavy atom. The van der Waals surface area contributed by atoms with Crippen LogP contribution in [0.1, 0.15) is 32.6 Å². The third kappa shape index (κ3) is 3.50. The lowest BCUT2D eigenvalue weighted by Crippen LogP contribution is -2.42. The summed E-state index contributed by atoms with van der Waals surface area (Å²) in [6, 6.07) is -0.339. The molecule has 3 heteroatoms. The van der Waals surface area contributed by atoms with E-state index < -0.39 is 0 Å². The molecule has 2 atom stereocenters. The lowest BCUT2D eigenvalue weighted by Gasteiger charge is -2.19. The number of nitrogens with two attached hydrogens (primary N) is 1. The summed E-state index contributed by atoms with van der Waals surface area (Å²) in [6.45, 7) is 2.70. The molecule has 1 aliphatic carbocycles. The zero-order chi connectivity index (χ0) is 10.4. The highest BCUT2D eigenvalue weighted by Crippen LogP contribution is 2.16. The first kappa shape index (κ1) is 11.2. The van der Waals surface area contributed by atoms with Crippen LogP contribution in [0, 0.1) is 5.92 Å². The molecule has 1 amide bonds. The van der Waals surface area contributed by atoms with Crippen molar-refractivity contribution in [1.82, 2.24) is 5.32 Å². The van der Waals surface area contributed by atoms with E-state index in [9.17, 15) is 4.79 Å². The molecule has 1 rings (SSSR count). The molecule has 14 heavy (non-hydrogen) atoms. The van der Waals surface area contributed by atoms with Crippen LogP contribution in [0.25, 0.3) is 0 Å². The number of nitrogens with one attached hydrogen (secondary N) is 1. The molecular formula is C11H20N2O. The average Bonchev–Trinajstić information content (AvgIpc) is 2.26. The maximum atomic E-state index is 11.4. The third-order valence-electron chi connectivity index (χ3n) is 2.72. The fraction of sp³-hybridized carbons (Fsp3) is 0.727. The van der Waals surface area contributed by atoms with Gasteiger partial charge in [0.1, 0.15) is 0 Å². The number of amides is 1. The second-order valence-electron chi connectivity index (χ2n) is 3.91. The van der Waals surface area contributed by atoms with Gasteiger partial charge in [-0.15, -0.1) is 0 Å². The minimum absolute atomic E-state index is 0.0120. The van der Waals surface area contributed by atoms with Crippen molar-refractivity contribution in [2.24, 2.45) is 11.7 Å². The van der Waals surface area contributed by atoms with E-state index in [4.69, 9.17) is 5.73 Å². The number of rotatable bonds is 4. The monoisotopic (exact) mass is 196 g/mol. The molecule has 0 saturated heterocycles. The molecular weight excluding hydrogens is 176 g/mol. The van der Waals surface area contributed by atoms with Gasteiger partial charge < -0.3 is 11.1 Å². The van der Waals surface area contributed by atoms with Crippen LogP contribution >= 0.6 is 0 Å². The first-order chi connectivity index (χ1) is 6.74. The number of carbonyl (C=O) groups excluding carboxylic acids is 1. The van der Waals surface area contributed by atoms with E-state index in [1.54, 1.807) is 0 Å². The summed E-state index contributed by atoms with van der Waals surface area (Å²) in [4.78, 5) is 11.4. The Kier molecular flexibility index (Phi) is 4.66. The van der Waals surface area contributed by atoms with Crippen molar-refractivity contribution in [3.05, 3.63) is 12.2 Å². The molecule has 0 aromatic carbocycles. The number of hydrogen-bond acceptors (Lipinski definition) is 2. The van der Waals surface area contributed by atoms with Crippen LogP contribution in [0.4, 0.5) is 0 Å². The van der Waals surface area contributed by atoms with Crippen molar-refractivity contribution in [2.45, 2.75) is 38.6 Å². The smallest absolute Gasteiger partial charge is 0.236 e. The second kappa shape index (κ2) is 5.81. The summed E-state index contributed by atoms with van der Waals surface area (Å²) in [5, 5.41) is 2.91. The van der Waals surface area contributed by atoms with E-state index in [0.717, 1.165) is 19.4 Å². The normalized spacial score (nSPS) is 23.1. The van der Waals surface area contributed by atoms with Crippen LogP contribution in [0.3, 0.4) is 0 Å². The highest BCUT2D eigenvalue weighted by molar-refractivity contribution is 5.81. The van der Waals surface area contributed by atoms with E-state index >= 15 is 0 Å². The van der Waals surface area contributed by atoms with Gasteiger partial charge in [0.15, 0.2) is 0 Å². The predicted octanol–water partition coefficient (Wildman–Crippen LogP) is 1.20. The molecule has 1 aliphatic rings. The van der Waals surface area contributed by atoms with Crippen LogP contribution in [0.2, 0.25) is 0 Å². The third-order valence-corrected chi connectivity index (χ3v) is 2.72. The molecule has 0 heterocycles. The van der Waals surface area contributed by atoms with Crippen LogP contribution < -0.4 is 11.1 Å². The van der Waals surface area contributed by atoms with Crippen molar-refractivity contribution in [1.29, 1.82) is 0 Å². The highest BCUT2D eigenvalue weighted by Gasteiger charge is 2.14. The molecule has 0 radical (unpaired) electrons. The standard InChI is InChI=1S/C11H20N2O/c1-2-10(12)11(14)13-8-9-6-4-3-5-7-9/h3-4,9-10H,2,5-8,12H2,1H3,(H,13,14)/t9?,10-/m0/s1. The van der Waals surface area contributed by atoms with Gasteiger partial charge in [0.2, 0.25) is 5.91 Å². The lowest BCUT2D eigenvalue weighted by atomic mass is 9.94. The Hall–Kier alpha value is -0.830. The van der Waals surface area contributed by atoms with E-state index in [-0.39, 0.29) is 11.9 Å². The van der Waals surface area contributed by atoms with Gasteiger partial charge >= 0.3 is 0 Å². The Balaban J connectivity index is 2.19. The fourth-order valence-electron chi connectivity index (χ4n) is 1.60.